The molecule has 2 atom stereocenters. The summed E-state index contributed by atoms with van der Waals surface area (Å²) < 4.78 is 6.30. The summed E-state index contributed by atoms with van der Waals surface area (Å²) in [5.74, 6) is 1.02. The largest absolute Gasteiger partial charge is 0.489 e. The Balaban J connectivity index is 2.06. The molecule has 20 heavy (non-hydrogen) atoms. The maximum atomic E-state index is 6.30. The van der Waals surface area contributed by atoms with Gasteiger partial charge in [-0.3, -0.25) is 0 Å². The average Bonchev–Trinajstić information content (AvgIpc) is 2.72. The van der Waals surface area contributed by atoms with E-state index >= 15 is 0 Å². The summed E-state index contributed by atoms with van der Waals surface area (Å²) in [6.45, 7) is 10.2. The molecule has 0 spiro atoms. The second-order valence-electron chi connectivity index (χ2n) is 6.62. The first-order valence-corrected chi connectivity index (χ1v) is 8.05. The quantitative estimate of drug-likeness (QED) is 0.840. The zero-order valence-corrected chi connectivity index (χ0v) is 13.4. The topological polar surface area (TPSA) is 21.3 Å². The molecule has 1 aromatic rings. The van der Waals surface area contributed by atoms with Crippen LogP contribution in [0.4, 0.5) is 0 Å². The van der Waals surface area contributed by atoms with Gasteiger partial charge in [0, 0.05) is 6.04 Å². The van der Waals surface area contributed by atoms with E-state index < -0.39 is 0 Å². The summed E-state index contributed by atoms with van der Waals surface area (Å²) >= 11 is 0. The van der Waals surface area contributed by atoms with Crippen LogP contribution in [0.15, 0.2) is 24.3 Å². The smallest absolute Gasteiger partial charge is 0.120 e. The number of benzene rings is 1. The van der Waals surface area contributed by atoms with Gasteiger partial charge in [-0.15, -0.1) is 0 Å². The summed E-state index contributed by atoms with van der Waals surface area (Å²) in [5.41, 5.74) is 1.67. The molecule has 1 aliphatic rings. The van der Waals surface area contributed by atoms with Gasteiger partial charge in [-0.25, -0.2) is 0 Å². The van der Waals surface area contributed by atoms with E-state index in [2.05, 4.69) is 57.3 Å². The molecule has 0 bridgehead atoms. The van der Waals surface area contributed by atoms with Crippen LogP contribution in [0.3, 0.4) is 0 Å². The fourth-order valence-electron chi connectivity index (χ4n) is 3.19. The SMILES string of the molecule is CCCNC1C(Oc2cccc(CC)c2)CCC1(C)C. The van der Waals surface area contributed by atoms with Gasteiger partial charge in [0.05, 0.1) is 0 Å². The predicted octanol–water partition coefficient (Wildman–Crippen LogP) is 4.18. The molecule has 0 radical (unpaired) electrons. The highest BCUT2D eigenvalue weighted by atomic mass is 16.5. The number of nitrogens with one attached hydrogen (secondary N) is 1. The first kappa shape index (κ1) is 15.4. The molecule has 2 nitrogen and oxygen atoms in total. The van der Waals surface area contributed by atoms with Gasteiger partial charge in [0.2, 0.25) is 0 Å². The summed E-state index contributed by atoms with van der Waals surface area (Å²) in [7, 11) is 0. The van der Waals surface area contributed by atoms with Gasteiger partial charge in [0.25, 0.3) is 0 Å². The van der Waals surface area contributed by atoms with Crippen LogP contribution in [0.2, 0.25) is 0 Å². The Kier molecular flexibility index (Phi) is 5.09. The van der Waals surface area contributed by atoms with Crippen molar-refractivity contribution in [1.82, 2.24) is 5.32 Å². The van der Waals surface area contributed by atoms with Crippen LogP contribution in [-0.2, 0) is 6.42 Å². The summed E-state index contributed by atoms with van der Waals surface area (Å²) in [6.07, 6.45) is 4.90. The molecular weight excluding hydrogens is 246 g/mol. The van der Waals surface area contributed by atoms with E-state index in [1.54, 1.807) is 0 Å². The molecule has 2 unspecified atom stereocenters. The van der Waals surface area contributed by atoms with Crippen molar-refractivity contribution in [1.29, 1.82) is 0 Å². The lowest BCUT2D eigenvalue weighted by atomic mass is 9.87. The van der Waals surface area contributed by atoms with Crippen molar-refractivity contribution < 1.29 is 4.74 Å². The van der Waals surface area contributed by atoms with Crippen molar-refractivity contribution in [3.05, 3.63) is 29.8 Å². The molecule has 0 saturated heterocycles. The highest BCUT2D eigenvalue weighted by molar-refractivity contribution is 5.29. The fraction of sp³-hybridized carbons (Fsp3) is 0.667. The molecule has 0 amide bonds. The van der Waals surface area contributed by atoms with Crippen molar-refractivity contribution in [2.45, 2.75) is 65.5 Å². The Morgan fingerprint density at radius 1 is 1.30 bits per heavy atom. The van der Waals surface area contributed by atoms with E-state index in [-0.39, 0.29) is 0 Å². The van der Waals surface area contributed by atoms with Gasteiger partial charge in [-0.05, 0) is 55.3 Å². The summed E-state index contributed by atoms with van der Waals surface area (Å²) in [5, 5.41) is 3.70. The van der Waals surface area contributed by atoms with Crippen molar-refractivity contribution in [2.75, 3.05) is 6.54 Å². The van der Waals surface area contributed by atoms with Crippen LogP contribution in [0.5, 0.6) is 5.75 Å². The molecule has 112 valence electrons. The lowest BCUT2D eigenvalue weighted by Crippen LogP contribution is -2.47. The minimum Gasteiger partial charge on any atom is -0.489 e. The molecule has 1 aliphatic carbocycles. The third-order valence-electron chi connectivity index (χ3n) is 4.50. The Morgan fingerprint density at radius 3 is 2.80 bits per heavy atom. The first-order valence-electron chi connectivity index (χ1n) is 8.05. The summed E-state index contributed by atoms with van der Waals surface area (Å²) in [4.78, 5) is 0. The third kappa shape index (κ3) is 3.54. The lowest BCUT2D eigenvalue weighted by molar-refractivity contribution is 0.140. The molecule has 0 heterocycles. The number of aryl methyl sites for hydroxylation is 1. The maximum Gasteiger partial charge on any atom is 0.120 e. The molecule has 2 rings (SSSR count). The molecule has 2 heteroatoms. The fourth-order valence-corrected chi connectivity index (χ4v) is 3.19. The van der Waals surface area contributed by atoms with Gasteiger partial charge in [-0.1, -0.05) is 39.8 Å². The predicted molar refractivity (Wildman–Crippen MR) is 85.3 cm³/mol. The standard InChI is InChI=1S/C18H29NO/c1-5-12-19-17-16(10-11-18(17,3)4)20-15-9-7-8-14(6-2)13-15/h7-9,13,16-17,19H,5-6,10-12H2,1-4H3. The van der Waals surface area contributed by atoms with Gasteiger partial charge < -0.3 is 10.1 Å². The number of rotatable bonds is 6. The van der Waals surface area contributed by atoms with Crippen LogP contribution < -0.4 is 10.1 Å². The van der Waals surface area contributed by atoms with Crippen molar-refractivity contribution in [3.8, 4) is 5.75 Å². The van der Waals surface area contributed by atoms with Crippen molar-refractivity contribution >= 4 is 0 Å². The third-order valence-corrected chi connectivity index (χ3v) is 4.50. The van der Waals surface area contributed by atoms with E-state index in [0.29, 0.717) is 17.6 Å². The van der Waals surface area contributed by atoms with E-state index in [0.717, 1.165) is 25.1 Å². The van der Waals surface area contributed by atoms with Gasteiger partial charge in [0.15, 0.2) is 0 Å². The highest BCUT2D eigenvalue weighted by Gasteiger charge is 2.42. The monoisotopic (exact) mass is 275 g/mol. The molecule has 0 aromatic heterocycles. The van der Waals surface area contributed by atoms with E-state index in [9.17, 15) is 0 Å². The van der Waals surface area contributed by atoms with E-state index in [1.165, 1.54) is 18.4 Å². The molecular formula is C18H29NO. The molecule has 1 N–H and O–H groups in total. The highest BCUT2D eigenvalue weighted by Crippen LogP contribution is 2.39. The van der Waals surface area contributed by atoms with Crippen LogP contribution in [0, 0.1) is 5.41 Å². The van der Waals surface area contributed by atoms with Crippen LogP contribution >= 0.6 is 0 Å². The van der Waals surface area contributed by atoms with Crippen LogP contribution in [0.25, 0.3) is 0 Å². The molecule has 1 aromatic carbocycles. The second-order valence-corrected chi connectivity index (χ2v) is 6.62. The minimum absolute atomic E-state index is 0.295. The zero-order chi connectivity index (χ0) is 14.6. The molecule has 0 aliphatic heterocycles. The Labute approximate surface area is 123 Å². The average molecular weight is 275 g/mol. The number of hydrogen-bond donors (Lipinski definition) is 1. The Morgan fingerprint density at radius 2 is 2.10 bits per heavy atom. The van der Waals surface area contributed by atoms with Crippen molar-refractivity contribution in [2.24, 2.45) is 5.41 Å². The Bertz CT molecular complexity index is 427. The van der Waals surface area contributed by atoms with Gasteiger partial charge >= 0.3 is 0 Å². The van der Waals surface area contributed by atoms with Crippen LogP contribution in [0.1, 0.15) is 52.5 Å². The molecule has 1 saturated carbocycles. The van der Waals surface area contributed by atoms with Crippen LogP contribution in [-0.4, -0.2) is 18.7 Å². The van der Waals surface area contributed by atoms with E-state index in [1.807, 2.05) is 0 Å². The minimum atomic E-state index is 0.295. The zero-order valence-electron chi connectivity index (χ0n) is 13.4. The number of ether oxygens (including phenoxy) is 1. The second kappa shape index (κ2) is 6.62. The summed E-state index contributed by atoms with van der Waals surface area (Å²) in [6, 6.07) is 8.98. The number of hydrogen-bond acceptors (Lipinski definition) is 2. The first-order chi connectivity index (χ1) is 9.56. The molecule has 1 fully saturated rings. The van der Waals surface area contributed by atoms with E-state index in [4.69, 9.17) is 4.74 Å². The van der Waals surface area contributed by atoms with Gasteiger partial charge in [0.1, 0.15) is 11.9 Å². The normalized spacial score (nSPS) is 24.8. The Hall–Kier alpha value is -1.02. The van der Waals surface area contributed by atoms with Crippen molar-refractivity contribution in [3.63, 3.8) is 0 Å². The van der Waals surface area contributed by atoms with Gasteiger partial charge in [-0.2, -0.15) is 0 Å². The maximum absolute atomic E-state index is 6.30. The lowest BCUT2D eigenvalue weighted by Gasteiger charge is -2.31.